The van der Waals surface area contributed by atoms with Crippen molar-refractivity contribution in [2.75, 3.05) is 7.11 Å². The molecule has 0 spiro atoms. The number of methoxy groups -OCH3 is 1. The maximum atomic E-state index is 12.7. The molecule has 0 saturated heterocycles. The van der Waals surface area contributed by atoms with Crippen LogP contribution in [0.4, 0.5) is 8.78 Å². The van der Waals surface area contributed by atoms with E-state index in [4.69, 9.17) is 10.00 Å². The van der Waals surface area contributed by atoms with E-state index in [0.29, 0.717) is 5.56 Å². The smallest absolute Gasteiger partial charge is 0.265 e. The van der Waals surface area contributed by atoms with E-state index in [1.54, 1.807) is 6.07 Å². The molecule has 0 aromatic carbocycles. The summed E-state index contributed by atoms with van der Waals surface area (Å²) in [6.45, 7) is 0. The van der Waals surface area contributed by atoms with Gasteiger partial charge in [-0.3, -0.25) is 0 Å². The number of nitrogens with zero attached hydrogens (tertiary/aromatic N) is 2. The van der Waals surface area contributed by atoms with Crippen LogP contribution in [0.2, 0.25) is 0 Å². The highest BCUT2D eigenvalue weighted by atomic mass is 79.9. The highest BCUT2D eigenvalue weighted by Gasteiger charge is 2.21. The van der Waals surface area contributed by atoms with Gasteiger partial charge >= 0.3 is 0 Å². The van der Waals surface area contributed by atoms with Crippen LogP contribution in [0.5, 0.6) is 5.88 Å². The van der Waals surface area contributed by atoms with Crippen molar-refractivity contribution in [2.24, 2.45) is 0 Å². The van der Waals surface area contributed by atoms with Crippen molar-refractivity contribution < 1.29 is 13.5 Å². The third-order valence-corrected chi connectivity index (χ3v) is 2.44. The molecule has 0 aliphatic heterocycles. The Bertz CT molecular complexity index is 404. The standard InChI is InChI=1S/C9H7BrF2N2O/c1-15-9-6(3-13)7(8(11)12)5(2-10)4-14-9/h4,8H,2H2,1H3. The molecule has 15 heavy (non-hydrogen) atoms. The molecule has 3 nitrogen and oxygen atoms in total. The normalized spacial score (nSPS) is 10.1. The predicted octanol–water partition coefficient (Wildman–Crippen LogP) is 2.79. The average molecular weight is 277 g/mol. The topological polar surface area (TPSA) is 45.9 Å². The van der Waals surface area contributed by atoms with Gasteiger partial charge in [0.25, 0.3) is 6.43 Å². The molecule has 0 unspecified atom stereocenters. The van der Waals surface area contributed by atoms with E-state index in [1.807, 2.05) is 0 Å². The second-order valence-electron chi connectivity index (χ2n) is 2.63. The Balaban J connectivity index is 3.46. The van der Waals surface area contributed by atoms with Crippen molar-refractivity contribution in [3.05, 3.63) is 22.9 Å². The molecule has 6 heteroatoms. The fourth-order valence-corrected chi connectivity index (χ4v) is 1.61. The lowest BCUT2D eigenvalue weighted by Crippen LogP contribution is -2.02. The minimum Gasteiger partial charge on any atom is -0.480 e. The van der Waals surface area contributed by atoms with Gasteiger partial charge in [-0.1, -0.05) is 15.9 Å². The largest absolute Gasteiger partial charge is 0.480 e. The van der Waals surface area contributed by atoms with Crippen LogP contribution >= 0.6 is 15.9 Å². The van der Waals surface area contributed by atoms with Crippen LogP contribution in [0.15, 0.2) is 6.20 Å². The second kappa shape index (κ2) is 5.03. The maximum Gasteiger partial charge on any atom is 0.265 e. The van der Waals surface area contributed by atoms with Gasteiger partial charge in [0.2, 0.25) is 5.88 Å². The monoisotopic (exact) mass is 276 g/mol. The molecule has 0 fully saturated rings. The summed E-state index contributed by atoms with van der Waals surface area (Å²) in [5.41, 5.74) is -0.229. The van der Waals surface area contributed by atoms with E-state index >= 15 is 0 Å². The van der Waals surface area contributed by atoms with Gasteiger partial charge in [0.15, 0.2) is 0 Å². The van der Waals surface area contributed by atoms with Crippen molar-refractivity contribution >= 4 is 15.9 Å². The first-order chi connectivity index (χ1) is 7.15. The van der Waals surface area contributed by atoms with Crippen molar-refractivity contribution in [1.29, 1.82) is 5.26 Å². The van der Waals surface area contributed by atoms with E-state index < -0.39 is 6.43 Å². The highest BCUT2D eigenvalue weighted by molar-refractivity contribution is 9.08. The Morgan fingerprint density at radius 1 is 1.67 bits per heavy atom. The van der Waals surface area contributed by atoms with Gasteiger partial charge in [0.05, 0.1) is 7.11 Å². The van der Waals surface area contributed by atoms with Gasteiger partial charge in [-0.25, -0.2) is 13.8 Å². The summed E-state index contributed by atoms with van der Waals surface area (Å²) in [5.74, 6) is -0.0718. The molecule has 0 radical (unpaired) electrons. The van der Waals surface area contributed by atoms with Gasteiger partial charge in [-0.2, -0.15) is 5.26 Å². The van der Waals surface area contributed by atoms with E-state index in [9.17, 15) is 8.78 Å². The molecule has 0 aliphatic rings. The zero-order valence-electron chi connectivity index (χ0n) is 7.80. The Kier molecular flexibility index (Phi) is 3.97. The molecule has 1 rings (SSSR count). The van der Waals surface area contributed by atoms with Crippen LogP contribution in [0.3, 0.4) is 0 Å². The molecule has 0 atom stereocenters. The van der Waals surface area contributed by atoms with E-state index in [2.05, 4.69) is 20.9 Å². The first-order valence-corrected chi connectivity index (χ1v) is 5.07. The quantitative estimate of drug-likeness (QED) is 0.798. The summed E-state index contributed by atoms with van der Waals surface area (Å²) in [6.07, 6.45) is -1.44. The molecule has 1 aromatic rings. The number of nitriles is 1. The van der Waals surface area contributed by atoms with Gasteiger partial charge in [0.1, 0.15) is 11.6 Å². The van der Waals surface area contributed by atoms with Crippen LogP contribution in [0.25, 0.3) is 0 Å². The first-order valence-electron chi connectivity index (χ1n) is 3.95. The van der Waals surface area contributed by atoms with Crippen molar-refractivity contribution in [2.45, 2.75) is 11.8 Å². The van der Waals surface area contributed by atoms with Gasteiger partial charge in [-0.05, 0) is 5.56 Å². The van der Waals surface area contributed by atoms with Crippen LogP contribution in [-0.4, -0.2) is 12.1 Å². The lowest BCUT2D eigenvalue weighted by molar-refractivity contribution is 0.149. The number of alkyl halides is 3. The fraction of sp³-hybridized carbons (Fsp3) is 0.333. The number of hydrogen-bond donors (Lipinski definition) is 0. The maximum absolute atomic E-state index is 12.7. The summed E-state index contributed by atoms with van der Waals surface area (Å²) in [5, 5.41) is 9.00. The molecular formula is C9H7BrF2N2O. The molecule has 0 aliphatic carbocycles. The van der Waals surface area contributed by atoms with E-state index in [-0.39, 0.29) is 22.3 Å². The third kappa shape index (κ3) is 2.23. The number of aromatic nitrogens is 1. The molecule has 0 bridgehead atoms. The van der Waals surface area contributed by atoms with Crippen LogP contribution < -0.4 is 4.74 Å². The Labute approximate surface area is 93.8 Å². The van der Waals surface area contributed by atoms with Crippen LogP contribution in [0.1, 0.15) is 23.1 Å². The number of halogens is 3. The Morgan fingerprint density at radius 2 is 2.33 bits per heavy atom. The Hall–Kier alpha value is -1.22. The number of rotatable bonds is 3. The molecule has 0 amide bonds. The lowest BCUT2D eigenvalue weighted by Gasteiger charge is -2.10. The van der Waals surface area contributed by atoms with Crippen LogP contribution in [-0.2, 0) is 5.33 Å². The Morgan fingerprint density at radius 3 is 2.73 bits per heavy atom. The fourth-order valence-electron chi connectivity index (χ4n) is 1.16. The summed E-state index contributed by atoms with van der Waals surface area (Å²) >= 11 is 3.06. The van der Waals surface area contributed by atoms with Gasteiger partial charge in [-0.15, -0.1) is 0 Å². The molecule has 80 valence electrons. The SMILES string of the molecule is COc1ncc(CBr)c(C(F)F)c1C#N. The molecule has 1 aromatic heterocycles. The second-order valence-corrected chi connectivity index (χ2v) is 3.19. The molecule has 0 N–H and O–H groups in total. The van der Waals surface area contributed by atoms with Crippen molar-refractivity contribution in [1.82, 2.24) is 4.98 Å². The third-order valence-electron chi connectivity index (χ3n) is 1.83. The summed E-state index contributed by atoms with van der Waals surface area (Å²) in [7, 11) is 1.28. The number of ether oxygens (including phenoxy) is 1. The molecule has 0 saturated carbocycles. The minimum atomic E-state index is -2.72. The van der Waals surface area contributed by atoms with Gasteiger partial charge in [0, 0.05) is 17.1 Å². The molecular weight excluding hydrogens is 270 g/mol. The average Bonchev–Trinajstić information content (AvgIpc) is 2.26. The zero-order valence-corrected chi connectivity index (χ0v) is 9.38. The minimum absolute atomic E-state index is 0.0718. The van der Waals surface area contributed by atoms with Crippen molar-refractivity contribution in [3.63, 3.8) is 0 Å². The van der Waals surface area contributed by atoms with E-state index in [0.717, 1.165) is 0 Å². The number of pyridine rings is 1. The zero-order chi connectivity index (χ0) is 11.4. The number of hydrogen-bond acceptors (Lipinski definition) is 3. The highest BCUT2D eigenvalue weighted by Crippen LogP contribution is 2.31. The van der Waals surface area contributed by atoms with Gasteiger partial charge < -0.3 is 4.74 Å². The summed E-state index contributed by atoms with van der Waals surface area (Å²) in [4.78, 5) is 3.77. The first kappa shape index (κ1) is 11.9. The van der Waals surface area contributed by atoms with E-state index in [1.165, 1.54) is 13.3 Å². The van der Waals surface area contributed by atoms with Crippen molar-refractivity contribution in [3.8, 4) is 11.9 Å². The summed E-state index contributed by atoms with van der Waals surface area (Å²) in [6, 6.07) is 1.68. The van der Waals surface area contributed by atoms with Crippen LogP contribution in [0, 0.1) is 11.3 Å². The molecule has 1 heterocycles. The summed E-state index contributed by atoms with van der Waals surface area (Å²) < 4.78 is 30.2. The lowest BCUT2D eigenvalue weighted by atomic mass is 10.1. The predicted molar refractivity (Wildman–Crippen MR) is 53.1 cm³/mol.